The molecule has 0 aliphatic heterocycles. The van der Waals surface area contributed by atoms with E-state index in [-0.39, 0.29) is 29.0 Å². The first-order valence-corrected chi connectivity index (χ1v) is 12.8. The summed E-state index contributed by atoms with van der Waals surface area (Å²) in [6, 6.07) is 6.95. The molecule has 4 aliphatic carbocycles. The van der Waals surface area contributed by atoms with Crippen LogP contribution in [0.15, 0.2) is 41.3 Å². The van der Waals surface area contributed by atoms with Crippen molar-refractivity contribution in [2.24, 2.45) is 28.6 Å². The molecule has 6 heteroatoms. The Hall–Kier alpha value is -1.30. The number of allylic oxidation sites excluding steroid dienone is 1. The molecule has 0 saturated heterocycles. The maximum Gasteiger partial charge on any atom is 0.189 e. The summed E-state index contributed by atoms with van der Waals surface area (Å²) in [5, 5.41) is 0.591. The van der Waals surface area contributed by atoms with Crippen molar-refractivity contribution in [2.75, 3.05) is 0 Å². The first kappa shape index (κ1) is 21.5. The Morgan fingerprint density at radius 1 is 1.03 bits per heavy atom. The zero-order valence-corrected chi connectivity index (χ0v) is 19.6. The van der Waals surface area contributed by atoms with Crippen molar-refractivity contribution < 1.29 is 18.0 Å². The fraction of sp³-hybridized carbons (Fsp3) is 0.600. The van der Waals surface area contributed by atoms with Gasteiger partial charge in [-0.1, -0.05) is 31.5 Å². The predicted molar refractivity (Wildman–Crippen MR) is 120 cm³/mol. The van der Waals surface area contributed by atoms with Crippen LogP contribution in [0.5, 0.6) is 0 Å². The number of halogens is 1. The number of hydrogen-bond acceptors (Lipinski definition) is 4. The van der Waals surface area contributed by atoms with Crippen molar-refractivity contribution in [1.82, 2.24) is 0 Å². The van der Waals surface area contributed by atoms with Crippen LogP contribution in [0.3, 0.4) is 0 Å². The summed E-state index contributed by atoms with van der Waals surface area (Å²) in [6.45, 7) is 4.31. The summed E-state index contributed by atoms with van der Waals surface area (Å²) >= 11 is 4.36. The average molecular weight is 461 g/mol. The second-order valence-electron chi connectivity index (χ2n) is 10.3. The van der Waals surface area contributed by atoms with E-state index in [2.05, 4.69) is 13.8 Å². The molecule has 0 spiro atoms. The van der Waals surface area contributed by atoms with Crippen molar-refractivity contribution in [2.45, 2.75) is 69.3 Å². The third kappa shape index (κ3) is 3.07. The number of ketones is 2. The molecule has 0 radical (unpaired) electrons. The minimum atomic E-state index is -1.66. The summed E-state index contributed by atoms with van der Waals surface area (Å²) < 4.78 is 20.1. The van der Waals surface area contributed by atoms with E-state index in [1.54, 1.807) is 30.3 Å². The summed E-state index contributed by atoms with van der Waals surface area (Å²) in [6.07, 6.45) is 9.03. The highest BCUT2D eigenvalue weighted by Crippen LogP contribution is 2.67. The Morgan fingerprint density at radius 3 is 2.52 bits per heavy atom. The summed E-state index contributed by atoms with van der Waals surface area (Å²) in [7, 11) is 0. The number of hydrogen-bond donors (Lipinski definition) is 0. The van der Waals surface area contributed by atoms with Gasteiger partial charge in [0.05, 0.1) is 10.5 Å². The van der Waals surface area contributed by atoms with Gasteiger partial charge in [-0.25, -0.2) is 4.21 Å². The Bertz CT molecular complexity index is 988. The molecule has 0 heterocycles. The lowest BCUT2D eigenvalue weighted by Gasteiger charge is -2.63. The molecule has 1 aromatic rings. The van der Waals surface area contributed by atoms with E-state index in [0.29, 0.717) is 35.0 Å². The Morgan fingerprint density at radius 2 is 1.77 bits per heavy atom. The minimum absolute atomic E-state index is 0.146. The summed E-state index contributed by atoms with van der Waals surface area (Å²) in [4.78, 5) is 25.6. The van der Waals surface area contributed by atoms with E-state index in [4.69, 9.17) is 15.8 Å². The lowest BCUT2D eigenvalue weighted by Crippen LogP contribution is -2.65. The normalized spacial score (nSPS) is 42.6. The second-order valence-corrected chi connectivity index (χ2v) is 11.9. The van der Waals surface area contributed by atoms with Gasteiger partial charge in [0.15, 0.2) is 16.9 Å². The van der Waals surface area contributed by atoms with Crippen molar-refractivity contribution in [3.8, 4) is 0 Å². The van der Waals surface area contributed by atoms with E-state index in [1.807, 2.05) is 6.08 Å². The van der Waals surface area contributed by atoms with E-state index in [1.165, 1.54) is 0 Å². The van der Waals surface area contributed by atoms with E-state index < -0.39 is 22.1 Å². The van der Waals surface area contributed by atoms with Crippen molar-refractivity contribution in [1.29, 1.82) is 0 Å². The van der Waals surface area contributed by atoms with Crippen LogP contribution in [0.1, 0.15) is 58.8 Å². The van der Waals surface area contributed by atoms with Crippen LogP contribution in [0.2, 0.25) is 5.02 Å². The first-order valence-electron chi connectivity index (χ1n) is 11.3. The molecule has 5 rings (SSSR count). The van der Waals surface area contributed by atoms with Gasteiger partial charge >= 0.3 is 0 Å². The van der Waals surface area contributed by atoms with Gasteiger partial charge in [0.1, 0.15) is 5.78 Å². The molecule has 0 amide bonds. The third-order valence-corrected chi connectivity index (χ3v) is 10.5. The molecule has 0 aromatic heterocycles. The largest absolute Gasteiger partial charge is 0.299 e. The highest BCUT2D eigenvalue weighted by atomic mass is 35.5. The topological polar surface area (TPSA) is 60.4 Å². The highest BCUT2D eigenvalue weighted by molar-refractivity contribution is 7.80. The zero-order valence-electron chi connectivity index (χ0n) is 18.1. The van der Waals surface area contributed by atoms with Crippen molar-refractivity contribution >= 4 is 34.2 Å². The molecule has 4 nitrogen and oxygen atoms in total. The van der Waals surface area contributed by atoms with Gasteiger partial charge in [0.25, 0.3) is 0 Å². The van der Waals surface area contributed by atoms with Crippen LogP contribution in [-0.4, -0.2) is 21.4 Å². The number of Topliss-reactive ketones (excluding diaryl/α,β-unsaturated/α-hetero) is 1. The lowest BCUT2D eigenvalue weighted by atomic mass is 9.44. The van der Waals surface area contributed by atoms with Gasteiger partial charge in [-0.05, 0) is 80.2 Å². The molecule has 0 bridgehead atoms. The molecule has 2 unspecified atom stereocenters. The van der Waals surface area contributed by atoms with Crippen LogP contribution in [0, 0.1) is 28.6 Å². The average Bonchev–Trinajstić information content (AvgIpc) is 3.04. The smallest absolute Gasteiger partial charge is 0.189 e. The van der Waals surface area contributed by atoms with Gasteiger partial charge in [-0.3, -0.25) is 13.8 Å². The molecule has 4 aliphatic rings. The molecule has 1 aromatic carbocycles. The Balaban J connectivity index is 1.60. The van der Waals surface area contributed by atoms with Gasteiger partial charge in [0, 0.05) is 28.7 Å². The van der Waals surface area contributed by atoms with Gasteiger partial charge in [-0.2, -0.15) is 0 Å². The van der Waals surface area contributed by atoms with Gasteiger partial charge in [-0.15, -0.1) is 0 Å². The lowest BCUT2D eigenvalue weighted by molar-refractivity contribution is -0.187. The number of rotatable bonds is 3. The van der Waals surface area contributed by atoms with Crippen LogP contribution >= 0.6 is 11.6 Å². The fourth-order valence-electron chi connectivity index (χ4n) is 7.24. The zero-order chi connectivity index (χ0) is 22.0. The highest BCUT2D eigenvalue weighted by Gasteiger charge is 2.68. The fourth-order valence-corrected chi connectivity index (χ4v) is 8.48. The van der Waals surface area contributed by atoms with Crippen LogP contribution < -0.4 is 0 Å². The number of benzene rings is 1. The third-order valence-electron chi connectivity index (χ3n) is 9.12. The van der Waals surface area contributed by atoms with Crippen LogP contribution in [0.25, 0.3) is 0 Å². The minimum Gasteiger partial charge on any atom is -0.299 e. The SMILES string of the molecule is C[C@]12C=CC(=O)CC1CC[C@H]1[C@@H]3CCC(=O)[C@@]3(C)CC[C@]12OS(=O)c1ccc(Cl)cc1. The predicted octanol–water partition coefficient (Wildman–Crippen LogP) is 5.46. The molecule has 3 saturated carbocycles. The molecule has 7 atom stereocenters. The summed E-state index contributed by atoms with van der Waals surface area (Å²) in [5.74, 6) is 1.08. The number of fused-ring (bicyclic) bond motifs is 5. The number of carbonyl (C=O) groups is 2. The standard InChI is InChI=1S/C25H29ClO4S/c1-23-13-14-25(30-31(29)19-6-4-17(26)5-7-19)21(20(23)9-10-22(23)28)8-3-16-15-18(27)11-12-24(16,25)2/h4-7,11-12,16,20-21H,3,8-10,13-15H2,1-2H3/t16?,20-,21-,23-,24-,25-,31?/m0/s1. The summed E-state index contributed by atoms with van der Waals surface area (Å²) in [5.41, 5.74) is -1.36. The quantitative estimate of drug-likeness (QED) is 0.601. The van der Waals surface area contributed by atoms with Crippen LogP contribution in [-0.2, 0) is 24.9 Å². The molecular formula is C25H29ClO4S. The van der Waals surface area contributed by atoms with Crippen LogP contribution in [0.4, 0.5) is 0 Å². The molecule has 166 valence electrons. The van der Waals surface area contributed by atoms with E-state index in [9.17, 15) is 13.8 Å². The van der Waals surface area contributed by atoms with Gasteiger partial charge in [0.2, 0.25) is 0 Å². The number of carbonyl (C=O) groups excluding carboxylic acids is 2. The van der Waals surface area contributed by atoms with Crippen molar-refractivity contribution in [3.63, 3.8) is 0 Å². The maximum absolute atomic E-state index is 13.5. The molecule has 3 fully saturated rings. The molecular weight excluding hydrogens is 432 g/mol. The van der Waals surface area contributed by atoms with E-state index >= 15 is 0 Å². The van der Waals surface area contributed by atoms with Gasteiger partial charge < -0.3 is 0 Å². The second kappa shape index (κ2) is 7.36. The van der Waals surface area contributed by atoms with Crippen molar-refractivity contribution in [3.05, 3.63) is 41.4 Å². The molecule has 0 N–H and O–H groups in total. The Kier molecular flexibility index (Phi) is 5.11. The molecule has 31 heavy (non-hydrogen) atoms. The maximum atomic E-state index is 13.5. The monoisotopic (exact) mass is 460 g/mol. The van der Waals surface area contributed by atoms with E-state index in [0.717, 1.165) is 25.7 Å². The first-order chi connectivity index (χ1) is 14.7. The Labute approximate surface area is 191 Å².